The maximum atomic E-state index is 11.3. The number of carbonyl (C=O) groups is 2. The van der Waals surface area contributed by atoms with E-state index in [4.69, 9.17) is 4.74 Å². The first-order valence-corrected chi connectivity index (χ1v) is 9.88. The lowest BCUT2D eigenvalue weighted by Crippen LogP contribution is -2.26. The van der Waals surface area contributed by atoms with E-state index in [0.717, 1.165) is 24.6 Å². The second-order valence-corrected chi connectivity index (χ2v) is 6.90. The lowest BCUT2D eigenvalue weighted by molar-refractivity contribution is -0.153. The van der Waals surface area contributed by atoms with Crippen LogP contribution in [0.3, 0.4) is 0 Å². The summed E-state index contributed by atoms with van der Waals surface area (Å²) < 4.78 is 9.59. The molecule has 0 fully saturated rings. The van der Waals surface area contributed by atoms with Crippen molar-refractivity contribution in [2.75, 3.05) is 18.5 Å². The van der Waals surface area contributed by atoms with Crippen molar-refractivity contribution in [3.05, 3.63) is 25.3 Å². The van der Waals surface area contributed by atoms with Gasteiger partial charge in [-0.1, -0.05) is 41.9 Å². The van der Waals surface area contributed by atoms with Crippen LogP contribution in [0.4, 0.5) is 0 Å². The largest absolute Gasteiger partial charge is 0.466 e. The molecule has 0 bridgehead atoms. The van der Waals surface area contributed by atoms with E-state index in [9.17, 15) is 9.59 Å². The highest BCUT2D eigenvalue weighted by Crippen LogP contribution is 2.24. The summed E-state index contributed by atoms with van der Waals surface area (Å²) in [5.41, 5.74) is -0.371. The molecule has 0 rings (SSSR count). The number of hydrogen-bond acceptors (Lipinski definition) is 4. The number of carbonyl (C=O) groups excluding carboxylic acids is 2. The summed E-state index contributed by atoms with van der Waals surface area (Å²) in [6.45, 7) is 19.1. The third-order valence-electron chi connectivity index (χ3n) is 2.87. The lowest BCUT2D eigenvalue weighted by atomic mass is 9.88. The zero-order valence-corrected chi connectivity index (χ0v) is 18.5. The van der Waals surface area contributed by atoms with Crippen LogP contribution in [0.5, 0.6) is 0 Å². The molecule has 0 saturated carbocycles. The normalized spacial score (nSPS) is 9.76. The Labute approximate surface area is 163 Å². The summed E-state index contributed by atoms with van der Waals surface area (Å²) in [5, 5.41) is 1.04. The third-order valence-corrected chi connectivity index (χ3v) is 3.33. The zero-order valence-electron chi connectivity index (χ0n) is 16.9. The van der Waals surface area contributed by atoms with Crippen molar-refractivity contribution in [2.45, 2.75) is 60.8 Å². The van der Waals surface area contributed by atoms with Gasteiger partial charge in [0.25, 0.3) is 0 Å². The fourth-order valence-electron chi connectivity index (χ4n) is 1.28. The molecule has 0 N–H and O–H groups in total. The van der Waals surface area contributed by atoms with Crippen LogP contribution >= 0.6 is 15.9 Å². The Bertz CT molecular complexity index is 363. The smallest absolute Gasteiger partial charge is 0.311 e. The van der Waals surface area contributed by atoms with E-state index in [2.05, 4.69) is 33.8 Å². The number of rotatable bonds is 9. The second kappa shape index (κ2) is 19.2. The first-order valence-electron chi connectivity index (χ1n) is 8.76. The third kappa shape index (κ3) is 20.9. The van der Waals surface area contributed by atoms with Crippen molar-refractivity contribution in [3.63, 3.8) is 0 Å². The van der Waals surface area contributed by atoms with Crippen molar-refractivity contribution in [3.8, 4) is 0 Å². The maximum Gasteiger partial charge on any atom is 0.311 e. The van der Waals surface area contributed by atoms with Gasteiger partial charge in [-0.2, -0.15) is 0 Å². The molecule has 4 nitrogen and oxygen atoms in total. The molecule has 0 saturated heterocycles. The molecule has 0 aliphatic heterocycles. The maximum absolute atomic E-state index is 11.3. The summed E-state index contributed by atoms with van der Waals surface area (Å²) in [6, 6.07) is 0. The molecule has 0 heterocycles. The molecule has 0 radical (unpaired) electrons. The molecule has 25 heavy (non-hydrogen) atoms. The van der Waals surface area contributed by atoms with E-state index in [1.54, 1.807) is 6.92 Å². The number of allylic oxidation sites excluding steroid dienone is 2. The minimum Gasteiger partial charge on any atom is -0.466 e. The highest BCUT2D eigenvalue weighted by Gasteiger charge is 2.27. The molecule has 0 spiro atoms. The summed E-state index contributed by atoms with van der Waals surface area (Å²) in [5.74, 6) is -0.227. The summed E-state index contributed by atoms with van der Waals surface area (Å²) in [4.78, 5) is 21.8. The predicted molar refractivity (Wildman–Crippen MR) is 110 cm³/mol. The highest BCUT2D eigenvalue weighted by atomic mass is 79.9. The van der Waals surface area contributed by atoms with Gasteiger partial charge in [-0.3, -0.25) is 9.59 Å². The van der Waals surface area contributed by atoms with Gasteiger partial charge in [0.15, 0.2) is 0 Å². The van der Waals surface area contributed by atoms with Gasteiger partial charge < -0.3 is 9.47 Å². The molecular formula is C20H37BrO4. The molecule has 0 aromatic carbocycles. The van der Waals surface area contributed by atoms with Gasteiger partial charge in [0, 0.05) is 5.33 Å². The average molecular weight is 421 g/mol. The van der Waals surface area contributed by atoms with E-state index in [1.807, 2.05) is 46.8 Å². The Hall–Kier alpha value is -1.10. The fraction of sp³-hybridized carbons (Fsp3) is 0.700. The Morgan fingerprint density at radius 3 is 1.76 bits per heavy atom. The molecule has 0 unspecified atom stereocenters. The van der Waals surface area contributed by atoms with Gasteiger partial charge in [-0.25, -0.2) is 0 Å². The van der Waals surface area contributed by atoms with E-state index >= 15 is 0 Å². The summed E-state index contributed by atoms with van der Waals surface area (Å²) in [7, 11) is 0. The van der Waals surface area contributed by atoms with Gasteiger partial charge in [-0.15, -0.1) is 13.2 Å². The Morgan fingerprint density at radius 1 is 1.04 bits per heavy atom. The molecule has 148 valence electrons. The fourth-order valence-corrected chi connectivity index (χ4v) is 1.60. The van der Waals surface area contributed by atoms with E-state index in [1.165, 1.54) is 0 Å². The molecular weight excluding hydrogens is 384 g/mol. The van der Waals surface area contributed by atoms with Crippen molar-refractivity contribution in [2.24, 2.45) is 11.3 Å². The van der Waals surface area contributed by atoms with Crippen LogP contribution in [0.2, 0.25) is 0 Å². The predicted octanol–water partition coefficient (Wildman–Crippen LogP) is 5.70. The minimum atomic E-state index is -0.371. The van der Waals surface area contributed by atoms with Gasteiger partial charge >= 0.3 is 11.9 Å². The Kier molecular flexibility index (Phi) is 22.1. The zero-order chi connectivity index (χ0) is 20.3. The minimum absolute atomic E-state index is 0.00921. The molecule has 0 aromatic rings. The number of halogens is 1. The number of ether oxygens (including phenoxy) is 2. The van der Waals surface area contributed by atoms with Crippen molar-refractivity contribution in [1.82, 2.24) is 0 Å². The van der Waals surface area contributed by atoms with Crippen LogP contribution in [0.25, 0.3) is 0 Å². The lowest BCUT2D eigenvalue weighted by Gasteiger charge is -2.21. The van der Waals surface area contributed by atoms with E-state index in [-0.39, 0.29) is 23.3 Å². The van der Waals surface area contributed by atoms with E-state index < -0.39 is 0 Å². The van der Waals surface area contributed by atoms with E-state index in [0.29, 0.717) is 13.2 Å². The standard InChI is InChI=1S/C10H18O2.C6H12O2.C4H7Br/c1-5-7-8-10(3,4)9(11)12-6-2;1-4-8-6(7)5(2)3;1-2-3-4-5/h5H,1,6-8H2,2-4H3;5H,4H2,1-3H3;2H,1,3-4H2. The van der Waals surface area contributed by atoms with Gasteiger partial charge in [0.2, 0.25) is 0 Å². The molecule has 0 amide bonds. The van der Waals surface area contributed by atoms with Crippen LogP contribution < -0.4 is 0 Å². The Morgan fingerprint density at radius 2 is 1.52 bits per heavy atom. The topological polar surface area (TPSA) is 52.6 Å². The number of esters is 2. The number of alkyl halides is 1. The molecule has 5 heteroatoms. The monoisotopic (exact) mass is 420 g/mol. The molecule has 0 aliphatic rings. The second-order valence-electron chi connectivity index (χ2n) is 6.10. The SMILES string of the molecule is C=CCCBr.C=CCCC(C)(C)C(=O)OCC.CCOC(=O)C(C)C. The number of hydrogen-bond donors (Lipinski definition) is 0. The average Bonchev–Trinajstić information content (AvgIpc) is 2.55. The van der Waals surface area contributed by atoms with Crippen LogP contribution in [-0.4, -0.2) is 30.5 Å². The highest BCUT2D eigenvalue weighted by molar-refractivity contribution is 9.09. The first-order chi connectivity index (χ1) is 11.6. The van der Waals surface area contributed by atoms with Crippen molar-refractivity contribution < 1.29 is 19.1 Å². The van der Waals surface area contributed by atoms with Gasteiger partial charge in [0.05, 0.1) is 24.5 Å². The Balaban J connectivity index is -0.000000321. The van der Waals surface area contributed by atoms with Gasteiger partial charge in [-0.05, 0) is 47.0 Å². The summed E-state index contributed by atoms with van der Waals surface area (Å²) >= 11 is 3.24. The van der Waals surface area contributed by atoms with Crippen molar-refractivity contribution >= 4 is 27.9 Å². The summed E-state index contributed by atoms with van der Waals surface area (Å²) in [6.07, 6.45) is 6.43. The van der Waals surface area contributed by atoms with Crippen LogP contribution in [0, 0.1) is 11.3 Å². The van der Waals surface area contributed by atoms with Gasteiger partial charge in [0.1, 0.15) is 0 Å². The van der Waals surface area contributed by atoms with Crippen LogP contribution in [0.15, 0.2) is 25.3 Å². The molecule has 0 aliphatic carbocycles. The first kappa shape index (κ1) is 28.7. The van der Waals surface area contributed by atoms with Crippen LogP contribution in [-0.2, 0) is 19.1 Å². The molecule has 0 aromatic heterocycles. The molecule has 0 atom stereocenters. The quantitative estimate of drug-likeness (QED) is 0.272. The van der Waals surface area contributed by atoms with Crippen molar-refractivity contribution in [1.29, 1.82) is 0 Å². The van der Waals surface area contributed by atoms with Crippen LogP contribution in [0.1, 0.15) is 60.8 Å².